The molecule has 1 N–H and O–H groups in total. The highest BCUT2D eigenvalue weighted by Crippen LogP contribution is 2.37. The molecule has 0 spiro atoms. The summed E-state index contributed by atoms with van der Waals surface area (Å²) in [6, 6.07) is 2.72. The Balaban J connectivity index is 2.17. The lowest BCUT2D eigenvalue weighted by Gasteiger charge is -2.15. The van der Waals surface area contributed by atoms with Crippen molar-refractivity contribution in [1.29, 1.82) is 0 Å². The van der Waals surface area contributed by atoms with E-state index in [-0.39, 0.29) is 0 Å². The second kappa shape index (κ2) is 11.2. The van der Waals surface area contributed by atoms with Crippen LogP contribution in [0.2, 0.25) is 0 Å². The Kier molecular flexibility index (Phi) is 10.5. The molecule has 0 aliphatic carbocycles. The van der Waals surface area contributed by atoms with Crippen LogP contribution < -0.4 is 5.32 Å². The fraction of sp³-hybridized carbons (Fsp3) is 0.750. The first-order chi connectivity index (χ1) is 9.69. The summed E-state index contributed by atoms with van der Waals surface area (Å²) < 4.78 is 2.46. The summed E-state index contributed by atoms with van der Waals surface area (Å²) in [4.78, 5) is 0. The maximum absolute atomic E-state index is 3.66. The van der Waals surface area contributed by atoms with E-state index in [1.807, 2.05) is 0 Å². The average molecular weight is 425 g/mol. The largest absolute Gasteiger partial charge is 0.313 e. The lowest BCUT2D eigenvalue weighted by atomic mass is 10.0. The zero-order valence-electron chi connectivity index (χ0n) is 12.7. The van der Waals surface area contributed by atoms with Gasteiger partial charge in [0.25, 0.3) is 0 Å². The van der Waals surface area contributed by atoms with Crippen molar-refractivity contribution >= 4 is 43.2 Å². The maximum Gasteiger partial charge on any atom is 0.0758 e. The first-order valence-corrected chi connectivity index (χ1v) is 10.2. The number of hydrogen-bond donors (Lipinski definition) is 1. The highest BCUT2D eigenvalue weighted by atomic mass is 79.9. The summed E-state index contributed by atoms with van der Waals surface area (Å²) in [6.07, 6.45) is 12.3. The van der Waals surface area contributed by atoms with Crippen molar-refractivity contribution in [2.45, 2.75) is 70.8 Å². The van der Waals surface area contributed by atoms with E-state index in [1.54, 1.807) is 11.3 Å². The number of halogens is 2. The molecule has 20 heavy (non-hydrogen) atoms. The van der Waals surface area contributed by atoms with Crippen molar-refractivity contribution in [3.8, 4) is 0 Å². The number of thiophene rings is 1. The SMILES string of the molecule is CCCCCCCCCCC(NC)c1cc(Br)sc1Br. The summed E-state index contributed by atoms with van der Waals surface area (Å²) in [6.45, 7) is 2.28. The van der Waals surface area contributed by atoms with Gasteiger partial charge in [-0.15, -0.1) is 11.3 Å². The monoisotopic (exact) mass is 423 g/mol. The van der Waals surface area contributed by atoms with Crippen molar-refractivity contribution in [1.82, 2.24) is 5.32 Å². The van der Waals surface area contributed by atoms with Gasteiger partial charge in [-0.2, -0.15) is 0 Å². The molecular weight excluding hydrogens is 398 g/mol. The van der Waals surface area contributed by atoms with Gasteiger partial charge in [0.2, 0.25) is 0 Å². The Bertz CT molecular complexity index is 365. The summed E-state index contributed by atoms with van der Waals surface area (Å²) in [5, 5.41) is 3.45. The van der Waals surface area contributed by atoms with Crippen molar-refractivity contribution in [2.24, 2.45) is 0 Å². The zero-order chi connectivity index (χ0) is 14.8. The molecular formula is C16H27Br2NS. The van der Waals surface area contributed by atoms with E-state index in [2.05, 4.69) is 57.2 Å². The molecule has 1 atom stereocenters. The predicted octanol–water partition coefficient (Wildman–Crippen LogP) is 7.06. The molecule has 1 unspecified atom stereocenters. The van der Waals surface area contributed by atoms with E-state index in [0.717, 1.165) is 0 Å². The first-order valence-electron chi connectivity index (χ1n) is 7.81. The minimum Gasteiger partial charge on any atom is -0.313 e. The van der Waals surface area contributed by atoms with Crippen LogP contribution in [-0.4, -0.2) is 7.05 Å². The fourth-order valence-electron chi connectivity index (χ4n) is 2.53. The van der Waals surface area contributed by atoms with E-state index < -0.39 is 0 Å². The molecule has 1 rings (SSSR count). The van der Waals surface area contributed by atoms with Gasteiger partial charge in [-0.25, -0.2) is 0 Å². The molecule has 0 saturated heterocycles. The van der Waals surface area contributed by atoms with E-state index in [9.17, 15) is 0 Å². The minimum atomic E-state index is 0.479. The topological polar surface area (TPSA) is 12.0 Å². The molecule has 0 aliphatic heterocycles. The van der Waals surface area contributed by atoms with E-state index in [1.165, 1.54) is 70.9 Å². The summed E-state index contributed by atoms with van der Waals surface area (Å²) >= 11 is 8.99. The molecule has 1 aromatic rings. The highest BCUT2D eigenvalue weighted by molar-refractivity contribution is 9.12. The van der Waals surface area contributed by atoms with Crippen molar-refractivity contribution in [3.63, 3.8) is 0 Å². The van der Waals surface area contributed by atoms with Gasteiger partial charge >= 0.3 is 0 Å². The third-order valence-electron chi connectivity index (χ3n) is 3.75. The molecule has 0 amide bonds. The number of unbranched alkanes of at least 4 members (excludes halogenated alkanes) is 7. The minimum absolute atomic E-state index is 0.479. The lowest BCUT2D eigenvalue weighted by molar-refractivity contribution is 0.494. The van der Waals surface area contributed by atoms with Gasteiger partial charge in [0.15, 0.2) is 0 Å². The predicted molar refractivity (Wildman–Crippen MR) is 98.7 cm³/mol. The smallest absolute Gasteiger partial charge is 0.0758 e. The Morgan fingerprint density at radius 2 is 1.65 bits per heavy atom. The van der Waals surface area contributed by atoms with E-state index >= 15 is 0 Å². The Labute approximate surface area is 145 Å². The van der Waals surface area contributed by atoms with Crippen LogP contribution in [0.15, 0.2) is 13.6 Å². The summed E-state index contributed by atoms with van der Waals surface area (Å²) in [5.74, 6) is 0. The number of nitrogens with one attached hydrogen (secondary N) is 1. The van der Waals surface area contributed by atoms with Crippen LogP contribution in [0.25, 0.3) is 0 Å². The molecule has 1 aromatic heterocycles. The van der Waals surface area contributed by atoms with Gasteiger partial charge in [-0.1, -0.05) is 58.3 Å². The number of hydrogen-bond acceptors (Lipinski definition) is 2. The van der Waals surface area contributed by atoms with Gasteiger partial charge in [0.05, 0.1) is 7.57 Å². The molecule has 0 aliphatic rings. The van der Waals surface area contributed by atoms with Crippen LogP contribution in [-0.2, 0) is 0 Å². The molecule has 1 heterocycles. The second-order valence-electron chi connectivity index (χ2n) is 5.38. The molecule has 4 heteroatoms. The molecule has 0 fully saturated rings. The fourth-order valence-corrected chi connectivity index (χ4v) is 5.50. The van der Waals surface area contributed by atoms with Crippen molar-refractivity contribution < 1.29 is 0 Å². The molecule has 0 saturated carbocycles. The van der Waals surface area contributed by atoms with Gasteiger partial charge in [0.1, 0.15) is 0 Å². The van der Waals surface area contributed by atoms with Crippen LogP contribution >= 0.6 is 43.2 Å². The van der Waals surface area contributed by atoms with Crippen LogP contribution in [0.1, 0.15) is 76.3 Å². The molecule has 116 valence electrons. The first kappa shape index (κ1) is 18.7. The third-order valence-corrected chi connectivity index (χ3v) is 6.14. The van der Waals surface area contributed by atoms with Gasteiger partial charge in [0, 0.05) is 6.04 Å². The highest BCUT2D eigenvalue weighted by Gasteiger charge is 2.15. The van der Waals surface area contributed by atoms with Crippen molar-refractivity contribution in [2.75, 3.05) is 7.05 Å². The second-order valence-corrected chi connectivity index (χ2v) is 9.13. The van der Waals surface area contributed by atoms with Crippen LogP contribution in [0, 0.1) is 0 Å². The Morgan fingerprint density at radius 3 is 2.15 bits per heavy atom. The van der Waals surface area contributed by atoms with Crippen LogP contribution in [0.5, 0.6) is 0 Å². The third kappa shape index (κ3) is 7.06. The van der Waals surface area contributed by atoms with Gasteiger partial charge in [-0.3, -0.25) is 0 Å². The molecule has 1 nitrogen and oxygen atoms in total. The van der Waals surface area contributed by atoms with Crippen LogP contribution in [0.3, 0.4) is 0 Å². The Morgan fingerprint density at radius 1 is 1.05 bits per heavy atom. The van der Waals surface area contributed by atoms with Crippen LogP contribution in [0.4, 0.5) is 0 Å². The zero-order valence-corrected chi connectivity index (χ0v) is 16.7. The lowest BCUT2D eigenvalue weighted by Crippen LogP contribution is -2.15. The summed E-state index contributed by atoms with van der Waals surface area (Å²) in [7, 11) is 2.06. The molecule has 0 bridgehead atoms. The van der Waals surface area contributed by atoms with E-state index in [0.29, 0.717) is 6.04 Å². The standard InChI is InChI=1S/C16H27Br2NS/c1-3-4-5-6-7-8-9-10-11-14(19-2)13-12-15(17)20-16(13)18/h12,14,19H,3-11H2,1-2H3. The maximum atomic E-state index is 3.66. The quantitative estimate of drug-likeness (QED) is 0.374. The molecule has 0 radical (unpaired) electrons. The molecule has 0 aromatic carbocycles. The summed E-state index contributed by atoms with van der Waals surface area (Å²) in [5.41, 5.74) is 1.40. The normalized spacial score (nSPS) is 12.8. The van der Waals surface area contributed by atoms with Gasteiger partial charge < -0.3 is 5.32 Å². The Hall–Kier alpha value is 0.620. The van der Waals surface area contributed by atoms with Crippen molar-refractivity contribution in [3.05, 3.63) is 19.2 Å². The van der Waals surface area contributed by atoms with E-state index in [4.69, 9.17) is 0 Å². The average Bonchev–Trinajstić information content (AvgIpc) is 2.76. The van der Waals surface area contributed by atoms with Gasteiger partial charge in [-0.05, 0) is 57.0 Å². The number of rotatable bonds is 11.